The first kappa shape index (κ1) is 15.9. The van der Waals surface area contributed by atoms with Crippen molar-refractivity contribution in [3.63, 3.8) is 0 Å². The summed E-state index contributed by atoms with van der Waals surface area (Å²) in [6, 6.07) is 3.26. The molecule has 2 N–H and O–H groups in total. The molecule has 94 valence electrons. The van der Waals surface area contributed by atoms with Crippen LogP contribution in [0.5, 0.6) is 0 Å². The fourth-order valence-electron chi connectivity index (χ4n) is 1.08. The summed E-state index contributed by atoms with van der Waals surface area (Å²) in [6.45, 7) is 3.99. The fourth-order valence-corrected chi connectivity index (χ4v) is 3.92. The number of aryl methyl sites for hydroxylation is 1. The van der Waals surface area contributed by atoms with E-state index in [0.717, 1.165) is 4.88 Å². The molecule has 0 aliphatic rings. The van der Waals surface area contributed by atoms with E-state index in [9.17, 15) is 8.42 Å². The Kier molecular flexibility index (Phi) is 5.92. The van der Waals surface area contributed by atoms with E-state index in [0.29, 0.717) is 10.8 Å². The van der Waals surface area contributed by atoms with Gasteiger partial charge in [-0.05, 0) is 26.0 Å². The molecule has 0 aliphatic carbocycles. The van der Waals surface area contributed by atoms with Gasteiger partial charge >= 0.3 is 0 Å². The number of thiophene rings is 1. The van der Waals surface area contributed by atoms with Gasteiger partial charge in [0.25, 0.3) is 10.0 Å². The lowest BCUT2D eigenvalue weighted by atomic mass is 10.4. The largest absolute Gasteiger partial charge is 0.329 e. The van der Waals surface area contributed by atoms with Crippen molar-refractivity contribution >= 4 is 33.8 Å². The van der Waals surface area contributed by atoms with Crippen LogP contribution in [0.25, 0.3) is 0 Å². The van der Waals surface area contributed by atoms with Crippen LogP contribution in [-0.2, 0) is 10.0 Å². The van der Waals surface area contributed by atoms with Gasteiger partial charge in [0.15, 0.2) is 0 Å². The van der Waals surface area contributed by atoms with Crippen molar-refractivity contribution < 1.29 is 8.42 Å². The Morgan fingerprint density at radius 2 is 2.06 bits per heavy atom. The van der Waals surface area contributed by atoms with E-state index in [2.05, 4.69) is 0 Å². The predicted octanol–water partition coefficient (Wildman–Crippen LogP) is 1.45. The first-order chi connectivity index (χ1) is 6.89. The lowest BCUT2D eigenvalue weighted by molar-refractivity contribution is 0.395. The van der Waals surface area contributed by atoms with Crippen LogP contribution in [0.3, 0.4) is 0 Å². The van der Waals surface area contributed by atoms with E-state index in [1.165, 1.54) is 15.6 Å². The minimum atomic E-state index is -3.36. The molecule has 0 bridgehead atoms. The van der Waals surface area contributed by atoms with Gasteiger partial charge in [0.1, 0.15) is 4.21 Å². The van der Waals surface area contributed by atoms with Crippen molar-refractivity contribution in [2.24, 2.45) is 5.73 Å². The van der Waals surface area contributed by atoms with Gasteiger partial charge in [-0.1, -0.05) is 0 Å². The van der Waals surface area contributed by atoms with Gasteiger partial charge in [-0.3, -0.25) is 0 Å². The van der Waals surface area contributed by atoms with Crippen molar-refractivity contribution in [3.8, 4) is 0 Å². The van der Waals surface area contributed by atoms with Gasteiger partial charge in [0.05, 0.1) is 0 Å². The van der Waals surface area contributed by atoms with Crippen molar-refractivity contribution in [2.75, 3.05) is 13.6 Å². The third-order valence-electron chi connectivity index (χ3n) is 2.31. The first-order valence-corrected chi connectivity index (χ1v) is 6.89. The molecule has 4 nitrogen and oxygen atoms in total. The lowest BCUT2D eigenvalue weighted by Crippen LogP contribution is -2.39. The molecule has 1 rings (SSSR count). The van der Waals surface area contributed by atoms with Gasteiger partial charge < -0.3 is 5.73 Å². The molecule has 0 aliphatic heterocycles. The summed E-state index contributed by atoms with van der Waals surface area (Å²) < 4.78 is 25.7. The normalized spacial score (nSPS) is 13.6. The van der Waals surface area contributed by atoms with Crippen LogP contribution in [-0.4, -0.2) is 32.4 Å². The smallest absolute Gasteiger partial charge is 0.252 e. The molecule has 0 saturated carbocycles. The molecule has 1 atom stereocenters. The Balaban J connectivity index is 0.00000225. The SMILES string of the molecule is Cc1ccc(S(=O)(=O)N(C)C(C)CN)s1.Cl. The van der Waals surface area contributed by atoms with E-state index in [-0.39, 0.29) is 18.4 Å². The first-order valence-electron chi connectivity index (χ1n) is 4.64. The third-order valence-corrected chi connectivity index (χ3v) is 5.75. The number of likely N-dealkylation sites (N-methyl/N-ethyl adjacent to an activating group) is 1. The minimum absolute atomic E-state index is 0. The minimum Gasteiger partial charge on any atom is -0.329 e. The summed E-state index contributed by atoms with van der Waals surface area (Å²) >= 11 is 1.28. The zero-order chi connectivity index (χ0) is 11.6. The molecule has 0 fully saturated rings. The van der Waals surface area contributed by atoms with Crippen molar-refractivity contribution in [3.05, 3.63) is 17.0 Å². The Hall–Kier alpha value is -0.140. The lowest BCUT2D eigenvalue weighted by Gasteiger charge is -2.21. The van der Waals surface area contributed by atoms with E-state index in [1.807, 2.05) is 6.92 Å². The standard InChI is InChI=1S/C9H16N2O2S2.ClH/c1-7(6-10)11(3)15(12,13)9-5-4-8(2)14-9;/h4-5,7H,6,10H2,1-3H3;1H. The van der Waals surface area contributed by atoms with E-state index < -0.39 is 10.0 Å². The number of rotatable bonds is 4. The Labute approximate surface area is 107 Å². The summed E-state index contributed by atoms with van der Waals surface area (Å²) in [5.74, 6) is 0. The molecule has 1 aromatic heterocycles. The number of sulfonamides is 1. The van der Waals surface area contributed by atoms with Crippen LogP contribution in [0.15, 0.2) is 16.3 Å². The molecular formula is C9H17ClN2O2S2. The maximum absolute atomic E-state index is 12.0. The van der Waals surface area contributed by atoms with Crippen LogP contribution < -0.4 is 5.73 Å². The molecule has 1 heterocycles. The maximum Gasteiger partial charge on any atom is 0.252 e. The van der Waals surface area contributed by atoms with Crippen LogP contribution in [0, 0.1) is 6.92 Å². The quantitative estimate of drug-likeness (QED) is 0.910. The molecule has 0 aromatic carbocycles. The van der Waals surface area contributed by atoms with Crippen molar-refractivity contribution in [2.45, 2.75) is 24.1 Å². The topological polar surface area (TPSA) is 63.4 Å². The molecule has 0 radical (unpaired) electrons. The van der Waals surface area contributed by atoms with Crippen LogP contribution in [0.4, 0.5) is 0 Å². The van der Waals surface area contributed by atoms with Gasteiger partial charge in [0, 0.05) is 24.5 Å². The van der Waals surface area contributed by atoms with Gasteiger partial charge in [-0.2, -0.15) is 4.31 Å². The van der Waals surface area contributed by atoms with Gasteiger partial charge in [-0.25, -0.2) is 8.42 Å². The summed E-state index contributed by atoms with van der Waals surface area (Å²) in [7, 11) is -1.80. The average molecular weight is 285 g/mol. The van der Waals surface area contributed by atoms with Crippen molar-refractivity contribution in [1.82, 2.24) is 4.31 Å². The molecule has 1 unspecified atom stereocenters. The summed E-state index contributed by atoms with van der Waals surface area (Å²) in [6.07, 6.45) is 0. The monoisotopic (exact) mass is 284 g/mol. The van der Waals surface area contributed by atoms with Gasteiger partial charge in [0.2, 0.25) is 0 Å². The van der Waals surface area contributed by atoms with E-state index in [1.54, 1.807) is 26.1 Å². The molecule has 0 amide bonds. The van der Waals surface area contributed by atoms with Gasteiger partial charge in [-0.15, -0.1) is 23.7 Å². The van der Waals surface area contributed by atoms with E-state index >= 15 is 0 Å². The highest BCUT2D eigenvalue weighted by Gasteiger charge is 2.25. The zero-order valence-electron chi connectivity index (χ0n) is 9.50. The Morgan fingerprint density at radius 1 is 1.50 bits per heavy atom. The number of halogens is 1. The third kappa shape index (κ3) is 3.18. The van der Waals surface area contributed by atoms with E-state index in [4.69, 9.17) is 5.73 Å². The predicted molar refractivity (Wildman–Crippen MR) is 69.8 cm³/mol. The average Bonchev–Trinajstić information content (AvgIpc) is 2.63. The molecule has 0 spiro atoms. The summed E-state index contributed by atoms with van der Waals surface area (Å²) in [4.78, 5) is 0.988. The maximum atomic E-state index is 12.0. The number of nitrogens with two attached hydrogens (primary N) is 1. The number of hydrogen-bond acceptors (Lipinski definition) is 4. The highest BCUT2D eigenvalue weighted by atomic mass is 35.5. The highest BCUT2D eigenvalue weighted by Crippen LogP contribution is 2.24. The number of nitrogens with zero attached hydrogens (tertiary/aromatic N) is 1. The van der Waals surface area contributed by atoms with Crippen LogP contribution in [0.1, 0.15) is 11.8 Å². The molecule has 0 saturated heterocycles. The summed E-state index contributed by atoms with van der Waals surface area (Å²) in [5.41, 5.74) is 5.45. The Morgan fingerprint density at radius 3 is 2.44 bits per heavy atom. The molecule has 16 heavy (non-hydrogen) atoms. The highest BCUT2D eigenvalue weighted by molar-refractivity contribution is 7.91. The van der Waals surface area contributed by atoms with Crippen LogP contribution in [0.2, 0.25) is 0 Å². The summed E-state index contributed by atoms with van der Waals surface area (Å²) in [5, 5.41) is 0. The number of hydrogen-bond donors (Lipinski definition) is 1. The fraction of sp³-hybridized carbons (Fsp3) is 0.556. The second-order valence-electron chi connectivity index (χ2n) is 3.47. The molecule has 1 aromatic rings. The Bertz CT molecular complexity index is 430. The second-order valence-corrected chi connectivity index (χ2v) is 6.98. The zero-order valence-corrected chi connectivity index (χ0v) is 12.0. The molecule has 7 heteroatoms. The molecular weight excluding hydrogens is 268 g/mol. The van der Waals surface area contributed by atoms with Crippen LogP contribution >= 0.6 is 23.7 Å². The van der Waals surface area contributed by atoms with Crippen molar-refractivity contribution in [1.29, 1.82) is 0 Å². The second kappa shape index (κ2) is 5.97.